The van der Waals surface area contributed by atoms with Crippen LogP contribution in [-0.4, -0.2) is 5.97 Å². The molecule has 0 saturated carbocycles. The number of rotatable bonds is 0. The van der Waals surface area contributed by atoms with Gasteiger partial charge in [0.05, 0.1) is 0 Å². The Labute approximate surface area is 101 Å². The van der Waals surface area contributed by atoms with Crippen LogP contribution in [0.4, 0.5) is 0 Å². The van der Waals surface area contributed by atoms with Crippen molar-refractivity contribution in [1.82, 2.24) is 0 Å². The van der Waals surface area contributed by atoms with Crippen molar-refractivity contribution in [2.24, 2.45) is 0 Å². The van der Waals surface area contributed by atoms with Gasteiger partial charge in [-0.25, -0.2) is 12.1 Å². The fourth-order valence-electron chi connectivity index (χ4n) is 0.714. The van der Waals surface area contributed by atoms with Gasteiger partial charge in [0.15, 0.2) is 0 Å². The molecule has 0 atom stereocenters. The Morgan fingerprint density at radius 3 is 1.73 bits per heavy atom. The third-order valence-electron chi connectivity index (χ3n) is 1.21. The van der Waals surface area contributed by atoms with Gasteiger partial charge in [0.2, 0.25) is 0 Å². The summed E-state index contributed by atoms with van der Waals surface area (Å²) in [6.45, 7) is 0.972. The molecule has 1 aromatic carbocycles. The number of carboxylic acids is 1. The summed E-state index contributed by atoms with van der Waals surface area (Å²) in [5, 5.41) is 8.89. The van der Waals surface area contributed by atoms with Crippen LogP contribution < -0.4 is 5.11 Å². The maximum Gasteiger partial charge on any atom is 2.00 e. The molecule has 15 heavy (non-hydrogen) atoms. The molecule has 0 aromatic heterocycles. The predicted molar refractivity (Wildman–Crippen MR) is 55.6 cm³/mol. The van der Waals surface area contributed by atoms with E-state index in [0.29, 0.717) is 0 Å². The molecule has 0 aliphatic heterocycles. The minimum Gasteiger partial charge on any atom is -0.550 e. The molecule has 0 spiro atoms. The van der Waals surface area contributed by atoms with E-state index in [1.807, 2.05) is 30.3 Å². The van der Waals surface area contributed by atoms with E-state index >= 15 is 0 Å². The molecule has 0 fully saturated rings. The number of aliphatic carboxylic acids is 1. The molecule has 0 N–H and O–H groups in total. The van der Waals surface area contributed by atoms with Gasteiger partial charge in [-0.15, -0.1) is 0 Å². The first kappa shape index (κ1) is 16.3. The first-order chi connectivity index (χ1) is 6.73. The summed E-state index contributed by atoms with van der Waals surface area (Å²) in [4.78, 5) is 8.89. The standard InChI is InChI=1S/C5H6.C5H5.C2H4O2.Fe/c2*1-2-4-5-3-1;1-2(3)4;/h1-4H,5H2;1-5H;1H3,(H,3,4);/q;-1;;+2/p-1. The maximum absolute atomic E-state index is 8.89. The third kappa shape index (κ3) is 19.3. The number of carbonyl (C=O) groups is 1. The minimum absolute atomic E-state index is 0. The molecule has 0 heterocycles. The van der Waals surface area contributed by atoms with Crippen LogP contribution in [0.25, 0.3) is 0 Å². The zero-order valence-electron chi connectivity index (χ0n) is 8.57. The quantitative estimate of drug-likeness (QED) is 0.516. The van der Waals surface area contributed by atoms with Crippen LogP contribution in [0.15, 0.2) is 54.6 Å². The molecule has 1 aromatic rings. The predicted octanol–water partition coefficient (Wildman–Crippen LogP) is 1.66. The van der Waals surface area contributed by atoms with Crippen molar-refractivity contribution in [2.45, 2.75) is 13.3 Å². The zero-order chi connectivity index (χ0) is 10.6. The second-order valence-electron chi connectivity index (χ2n) is 2.55. The van der Waals surface area contributed by atoms with Crippen molar-refractivity contribution >= 4 is 5.97 Å². The number of hydrogen-bond acceptors (Lipinski definition) is 2. The number of carbonyl (C=O) groups excluding carboxylic acids is 1. The summed E-state index contributed by atoms with van der Waals surface area (Å²) < 4.78 is 0. The van der Waals surface area contributed by atoms with Gasteiger partial charge in [-0.2, -0.15) is 18.2 Å². The Kier molecular flexibility index (Phi) is 13.9. The van der Waals surface area contributed by atoms with E-state index in [2.05, 4.69) is 24.3 Å². The van der Waals surface area contributed by atoms with Gasteiger partial charge in [0.25, 0.3) is 0 Å². The van der Waals surface area contributed by atoms with E-state index in [4.69, 9.17) is 9.90 Å². The fraction of sp³-hybridized carbons (Fsp3) is 0.167. The normalized spacial score (nSPS) is 10.2. The van der Waals surface area contributed by atoms with Gasteiger partial charge in [-0.05, 0) is 13.3 Å². The van der Waals surface area contributed by atoms with Crippen LogP contribution in [0.2, 0.25) is 0 Å². The Bertz CT molecular complexity index is 243. The Morgan fingerprint density at radius 1 is 1.20 bits per heavy atom. The molecule has 0 bridgehead atoms. The molecule has 0 unspecified atom stereocenters. The molecule has 2 rings (SSSR count). The molecule has 3 heteroatoms. The first-order valence-corrected chi connectivity index (χ1v) is 4.39. The SMILES string of the molecule is C1=CCC=C1.CC(=O)[O-].[Fe+2].c1cc[cH-]c1. The van der Waals surface area contributed by atoms with Crippen LogP contribution in [-0.2, 0) is 21.9 Å². The van der Waals surface area contributed by atoms with Gasteiger partial charge in [0.1, 0.15) is 0 Å². The van der Waals surface area contributed by atoms with E-state index < -0.39 is 5.97 Å². The summed E-state index contributed by atoms with van der Waals surface area (Å²) in [6.07, 6.45) is 9.50. The van der Waals surface area contributed by atoms with E-state index in [9.17, 15) is 0 Å². The summed E-state index contributed by atoms with van der Waals surface area (Å²) >= 11 is 0. The van der Waals surface area contributed by atoms with Crippen LogP contribution in [0.1, 0.15) is 13.3 Å². The third-order valence-corrected chi connectivity index (χ3v) is 1.21. The topological polar surface area (TPSA) is 40.1 Å². The van der Waals surface area contributed by atoms with E-state index in [-0.39, 0.29) is 17.1 Å². The van der Waals surface area contributed by atoms with Gasteiger partial charge in [0, 0.05) is 5.97 Å². The summed E-state index contributed by atoms with van der Waals surface area (Å²) in [5.74, 6) is -1.08. The van der Waals surface area contributed by atoms with Gasteiger partial charge >= 0.3 is 17.1 Å². The van der Waals surface area contributed by atoms with Crippen molar-refractivity contribution in [1.29, 1.82) is 0 Å². The first-order valence-electron chi connectivity index (χ1n) is 4.39. The van der Waals surface area contributed by atoms with Gasteiger partial charge in [-0.1, -0.05) is 24.3 Å². The molecule has 1 aliphatic carbocycles. The largest absolute Gasteiger partial charge is 2.00 e. The Hall–Kier alpha value is -1.18. The second-order valence-corrected chi connectivity index (χ2v) is 2.55. The molecule has 82 valence electrons. The summed E-state index contributed by atoms with van der Waals surface area (Å²) in [6, 6.07) is 10.0. The van der Waals surface area contributed by atoms with Gasteiger partial charge in [-0.3, -0.25) is 0 Å². The number of allylic oxidation sites excluding steroid dienone is 4. The molecular weight excluding hydrogens is 232 g/mol. The zero-order valence-corrected chi connectivity index (χ0v) is 9.68. The monoisotopic (exact) mass is 246 g/mol. The average molecular weight is 246 g/mol. The van der Waals surface area contributed by atoms with Crippen molar-refractivity contribution in [3.8, 4) is 0 Å². The van der Waals surface area contributed by atoms with E-state index in [1.165, 1.54) is 0 Å². The number of carboxylic acid groups (broad SMARTS) is 1. The van der Waals surface area contributed by atoms with Crippen LogP contribution in [0, 0.1) is 0 Å². The molecule has 0 amide bonds. The second kappa shape index (κ2) is 12.8. The summed E-state index contributed by atoms with van der Waals surface area (Å²) in [5.41, 5.74) is 0. The average Bonchev–Trinajstić information content (AvgIpc) is 2.83. The number of hydrogen-bond donors (Lipinski definition) is 0. The molecule has 0 saturated heterocycles. The molecule has 1 aliphatic rings. The van der Waals surface area contributed by atoms with Crippen molar-refractivity contribution in [3.63, 3.8) is 0 Å². The van der Waals surface area contributed by atoms with E-state index in [0.717, 1.165) is 13.3 Å². The molecule has 0 radical (unpaired) electrons. The van der Waals surface area contributed by atoms with E-state index in [1.54, 1.807) is 0 Å². The summed E-state index contributed by atoms with van der Waals surface area (Å²) in [7, 11) is 0. The smallest absolute Gasteiger partial charge is 0.550 e. The van der Waals surface area contributed by atoms with Crippen molar-refractivity contribution in [2.75, 3.05) is 0 Å². The fourth-order valence-corrected chi connectivity index (χ4v) is 0.714. The van der Waals surface area contributed by atoms with Crippen LogP contribution in [0.5, 0.6) is 0 Å². The van der Waals surface area contributed by atoms with Crippen LogP contribution in [0.3, 0.4) is 0 Å². The Balaban J connectivity index is 0. The minimum atomic E-state index is -1.08. The molecule has 2 nitrogen and oxygen atoms in total. The van der Waals surface area contributed by atoms with Crippen LogP contribution >= 0.6 is 0 Å². The Morgan fingerprint density at radius 2 is 1.60 bits per heavy atom. The maximum atomic E-state index is 8.89. The van der Waals surface area contributed by atoms with Crippen molar-refractivity contribution in [3.05, 3.63) is 54.6 Å². The molecular formula is C12H14FeO2. The van der Waals surface area contributed by atoms with Gasteiger partial charge < -0.3 is 9.90 Å². The van der Waals surface area contributed by atoms with Crippen molar-refractivity contribution < 1.29 is 27.0 Å².